The van der Waals surface area contributed by atoms with Crippen molar-refractivity contribution in [3.05, 3.63) is 0 Å². The lowest BCUT2D eigenvalue weighted by Crippen LogP contribution is -2.38. The summed E-state index contributed by atoms with van der Waals surface area (Å²) in [7, 11) is 4.33. The van der Waals surface area contributed by atoms with E-state index >= 15 is 0 Å². The molecule has 1 heterocycles. The van der Waals surface area contributed by atoms with Crippen LogP contribution in [-0.4, -0.2) is 54.1 Å². The van der Waals surface area contributed by atoms with Crippen LogP contribution >= 0.6 is 12.2 Å². The zero-order chi connectivity index (χ0) is 12.3. The normalized spacial score (nSPS) is 28.6. The molecular weight excluding hydrogens is 218 g/mol. The maximum Gasteiger partial charge on any atom is 0.0743 e. The molecule has 0 amide bonds. The van der Waals surface area contributed by atoms with Gasteiger partial charge in [-0.25, -0.2) is 0 Å². The Morgan fingerprint density at radius 1 is 1.50 bits per heavy atom. The van der Waals surface area contributed by atoms with Gasteiger partial charge in [-0.15, -0.1) is 0 Å². The van der Waals surface area contributed by atoms with Crippen LogP contribution in [0.3, 0.4) is 0 Å². The SMILES string of the molecule is CCC(CC(N)=S)N1CC(C)C(N(C)C)C1. The lowest BCUT2D eigenvalue weighted by Gasteiger charge is -2.27. The van der Waals surface area contributed by atoms with Gasteiger partial charge < -0.3 is 10.6 Å². The van der Waals surface area contributed by atoms with Crippen molar-refractivity contribution in [1.82, 2.24) is 9.80 Å². The van der Waals surface area contributed by atoms with Crippen molar-refractivity contribution in [2.75, 3.05) is 27.2 Å². The summed E-state index contributed by atoms with van der Waals surface area (Å²) in [6.07, 6.45) is 1.99. The molecule has 0 aromatic carbocycles. The topological polar surface area (TPSA) is 32.5 Å². The third-order valence-electron chi connectivity index (χ3n) is 3.69. The van der Waals surface area contributed by atoms with E-state index in [1.54, 1.807) is 0 Å². The molecule has 0 saturated carbocycles. The van der Waals surface area contributed by atoms with E-state index in [1.165, 1.54) is 6.54 Å². The zero-order valence-electron chi connectivity index (χ0n) is 10.9. The minimum atomic E-state index is 0.532. The molecule has 1 saturated heterocycles. The van der Waals surface area contributed by atoms with Crippen LogP contribution in [0.1, 0.15) is 26.7 Å². The van der Waals surface area contributed by atoms with Crippen LogP contribution in [0.25, 0.3) is 0 Å². The Morgan fingerprint density at radius 3 is 2.50 bits per heavy atom. The molecule has 1 aliphatic rings. The molecule has 2 N–H and O–H groups in total. The molecular formula is C12H25N3S. The predicted octanol–water partition coefficient (Wildman–Crippen LogP) is 1.32. The Morgan fingerprint density at radius 2 is 2.12 bits per heavy atom. The third kappa shape index (κ3) is 3.40. The molecule has 0 bridgehead atoms. The van der Waals surface area contributed by atoms with Crippen molar-refractivity contribution < 1.29 is 0 Å². The van der Waals surface area contributed by atoms with E-state index in [0.29, 0.717) is 17.1 Å². The molecule has 1 aliphatic heterocycles. The molecule has 0 spiro atoms. The molecule has 3 unspecified atom stereocenters. The molecule has 1 fully saturated rings. The zero-order valence-corrected chi connectivity index (χ0v) is 11.8. The number of nitrogens with zero attached hydrogens (tertiary/aromatic N) is 2. The number of nitrogens with two attached hydrogens (primary N) is 1. The van der Waals surface area contributed by atoms with Gasteiger partial charge in [-0.05, 0) is 26.4 Å². The van der Waals surface area contributed by atoms with Crippen LogP contribution in [0.2, 0.25) is 0 Å². The van der Waals surface area contributed by atoms with E-state index in [-0.39, 0.29) is 0 Å². The summed E-state index contributed by atoms with van der Waals surface area (Å²) < 4.78 is 0. The van der Waals surface area contributed by atoms with Crippen molar-refractivity contribution >= 4 is 17.2 Å². The number of hydrogen-bond donors (Lipinski definition) is 1. The Balaban J connectivity index is 2.58. The summed E-state index contributed by atoms with van der Waals surface area (Å²) in [5.74, 6) is 0.732. The number of hydrogen-bond acceptors (Lipinski definition) is 3. The van der Waals surface area contributed by atoms with Gasteiger partial charge in [0.05, 0.1) is 4.99 Å². The third-order valence-corrected chi connectivity index (χ3v) is 3.86. The van der Waals surface area contributed by atoms with E-state index in [0.717, 1.165) is 25.3 Å². The van der Waals surface area contributed by atoms with Gasteiger partial charge in [0, 0.05) is 31.6 Å². The second kappa shape index (κ2) is 5.94. The smallest absolute Gasteiger partial charge is 0.0743 e. The first-order valence-electron chi connectivity index (χ1n) is 6.14. The van der Waals surface area contributed by atoms with E-state index in [1.807, 2.05) is 0 Å². The predicted molar refractivity (Wildman–Crippen MR) is 73.7 cm³/mol. The van der Waals surface area contributed by atoms with Crippen LogP contribution in [0, 0.1) is 5.92 Å². The maximum absolute atomic E-state index is 5.66. The van der Waals surface area contributed by atoms with Crippen LogP contribution in [-0.2, 0) is 0 Å². The highest BCUT2D eigenvalue weighted by Gasteiger charge is 2.34. The Labute approximate surface area is 105 Å². The second-order valence-electron chi connectivity index (χ2n) is 5.19. The van der Waals surface area contributed by atoms with Crippen molar-refractivity contribution in [2.45, 2.75) is 38.8 Å². The van der Waals surface area contributed by atoms with Gasteiger partial charge in [-0.1, -0.05) is 26.1 Å². The van der Waals surface area contributed by atoms with E-state index < -0.39 is 0 Å². The first-order chi connectivity index (χ1) is 7.45. The average Bonchev–Trinajstić information content (AvgIpc) is 2.56. The van der Waals surface area contributed by atoms with Gasteiger partial charge in [0.25, 0.3) is 0 Å². The number of likely N-dealkylation sites (N-methyl/N-ethyl adjacent to an activating group) is 1. The first-order valence-corrected chi connectivity index (χ1v) is 6.55. The van der Waals surface area contributed by atoms with E-state index in [4.69, 9.17) is 18.0 Å². The Kier molecular flexibility index (Phi) is 5.15. The molecule has 3 nitrogen and oxygen atoms in total. The van der Waals surface area contributed by atoms with Gasteiger partial charge in [0.15, 0.2) is 0 Å². The first kappa shape index (κ1) is 13.9. The second-order valence-corrected chi connectivity index (χ2v) is 5.72. The molecule has 0 aliphatic carbocycles. The van der Waals surface area contributed by atoms with E-state index in [9.17, 15) is 0 Å². The monoisotopic (exact) mass is 243 g/mol. The highest BCUT2D eigenvalue weighted by Crippen LogP contribution is 2.24. The van der Waals surface area contributed by atoms with Gasteiger partial charge in [-0.2, -0.15) is 0 Å². The highest BCUT2D eigenvalue weighted by atomic mass is 32.1. The number of likely N-dealkylation sites (tertiary alicyclic amines) is 1. The van der Waals surface area contributed by atoms with E-state index in [2.05, 4.69) is 37.7 Å². The van der Waals surface area contributed by atoms with Crippen LogP contribution in [0.4, 0.5) is 0 Å². The summed E-state index contributed by atoms with van der Waals surface area (Å²) in [5, 5.41) is 0. The van der Waals surface area contributed by atoms with Crippen molar-refractivity contribution in [2.24, 2.45) is 11.7 Å². The lowest BCUT2D eigenvalue weighted by molar-refractivity contribution is 0.214. The standard InChI is InChI=1S/C12H25N3S/c1-5-10(6-12(13)16)15-7-9(2)11(8-15)14(3)4/h9-11H,5-8H2,1-4H3,(H2,13,16). The molecule has 0 aromatic rings. The average molecular weight is 243 g/mol. The maximum atomic E-state index is 5.66. The molecule has 0 radical (unpaired) electrons. The largest absolute Gasteiger partial charge is 0.393 e. The molecule has 3 atom stereocenters. The fraction of sp³-hybridized carbons (Fsp3) is 0.917. The minimum Gasteiger partial charge on any atom is -0.393 e. The molecule has 94 valence electrons. The van der Waals surface area contributed by atoms with Crippen molar-refractivity contribution in [3.8, 4) is 0 Å². The quantitative estimate of drug-likeness (QED) is 0.738. The fourth-order valence-corrected chi connectivity index (χ4v) is 2.91. The van der Waals surface area contributed by atoms with Gasteiger partial charge in [-0.3, -0.25) is 4.90 Å². The fourth-order valence-electron chi connectivity index (χ4n) is 2.72. The number of thiocarbonyl (C=S) groups is 1. The summed E-state index contributed by atoms with van der Waals surface area (Å²) >= 11 is 5.02. The molecule has 16 heavy (non-hydrogen) atoms. The Hall–Kier alpha value is -0.190. The van der Waals surface area contributed by atoms with Gasteiger partial charge in [0.2, 0.25) is 0 Å². The minimum absolute atomic E-state index is 0.532. The molecule has 1 rings (SSSR count). The Bertz CT molecular complexity index is 242. The highest BCUT2D eigenvalue weighted by molar-refractivity contribution is 7.80. The van der Waals surface area contributed by atoms with Gasteiger partial charge in [0.1, 0.15) is 0 Å². The van der Waals surface area contributed by atoms with Crippen molar-refractivity contribution in [3.63, 3.8) is 0 Å². The molecule has 4 heteroatoms. The van der Waals surface area contributed by atoms with Crippen LogP contribution in [0.5, 0.6) is 0 Å². The van der Waals surface area contributed by atoms with Crippen molar-refractivity contribution in [1.29, 1.82) is 0 Å². The molecule has 0 aromatic heterocycles. The summed E-state index contributed by atoms with van der Waals surface area (Å²) in [5.41, 5.74) is 5.66. The number of rotatable bonds is 5. The summed E-state index contributed by atoms with van der Waals surface area (Å²) in [6, 6.07) is 1.20. The lowest BCUT2D eigenvalue weighted by atomic mass is 10.1. The summed E-state index contributed by atoms with van der Waals surface area (Å²) in [4.78, 5) is 5.53. The van der Waals surface area contributed by atoms with Crippen LogP contribution < -0.4 is 5.73 Å². The van der Waals surface area contributed by atoms with Crippen LogP contribution in [0.15, 0.2) is 0 Å². The summed E-state index contributed by atoms with van der Waals surface area (Å²) in [6.45, 7) is 6.87. The van der Waals surface area contributed by atoms with Gasteiger partial charge >= 0.3 is 0 Å².